The van der Waals surface area contributed by atoms with E-state index in [4.69, 9.17) is 4.74 Å². The normalized spacial score (nSPS) is 16.9. The van der Waals surface area contributed by atoms with Gasteiger partial charge in [-0.25, -0.2) is 0 Å². The van der Waals surface area contributed by atoms with Gasteiger partial charge in [-0.2, -0.15) is 0 Å². The molecule has 0 radical (unpaired) electrons. The number of nitrogens with zero attached hydrogens (tertiary/aromatic N) is 4. The predicted molar refractivity (Wildman–Crippen MR) is 86.5 cm³/mol. The average molecular weight is 320 g/mol. The summed E-state index contributed by atoms with van der Waals surface area (Å²) in [5.41, 5.74) is 0.211. The molecule has 1 atom stereocenters. The van der Waals surface area contributed by atoms with E-state index < -0.39 is 11.9 Å². The predicted octanol–water partition coefficient (Wildman–Crippen LogP) is 1.00. The number of esters is 1. The molecule has 7 nitrogen and oxygen atoms in total. The van der Waals surface area contributed by atoms with Crippen molar-refractivity contribution in [3.63, 3.8) is 0 Å². The Morgan fingerprint density at radius 3 is 2.39 bits per heavy atom. The minimum Gasteiger partial charge on any atom is -0.465 e. The molecule has 1 aliphatic rings. The molecular weight excluding hydrogens is 296 g/mol. The lowest BCUT2D eigenvalue weighted by Crippen LogP contribution is -2.44. The van der Waals surface area contributed by atoms with Gasteiger partial charge in [-0.3, -0.25) is 9.59 Å². The highest BCUT2D eigenvalue weighted by molar-refractivity contribution is 6.07. The minimum atomic E-state index is -0.807. The fraction of sp³-hybridized carbons (Fsp3) is 0.625. The lowest BCUT2D eigenvalue weighted by atomic mass is 9.99. The summed E-state index contributed by atoms with van der Waals surface area (Å²) >= 11 is 0. The van der Waals surface area contributed by atoms with Crippen LogP contribution in [-0.2, 0) is 9.53 Å². The lowest BCUT2D eigenvalue weighted by molar-refractivity contribution is -0.146. The minimum absolute atomic E-state index is 0.211. The summed E-state index contributed by atoms with van der Waals surface area (Å²) in [4.78, 5) is 28.6. The third kappa shape index (κ3) is 4.25. The number of carbonyl (C=O) groups is 2. The Morgan fingerprint density at radius 1 is 1.17 bits per heavy atom. The number of hydrogen-bond acceptors (Lipinski definition) is 7. The second-order valence-electron chi connectivity index (χ2n) is 5.64. The van der Waals surface area contributed by atoms with Gasteiger partial charge >= 0.3 is 5.97 Å². The van der Waals surface area contributed by atoms with Crippen molar-refractivity contribution in [3.05, 3.63) is 17.8 Å². The van der Waals surface area contributed by atoms with Gasteiger partial charge in [-0.1, -0.05) is 6.92 Å². The Kier molecular flexibility index (Phi) is 6.04. The first-order valence-electron chi connectivity index (χ1n) is 8.04. The first-order chi connectivity index (χ1) is 11.1. The maximum atomic E-state index is 12.4. The van der Waals surface area contributed by atoms with E-state index in [1.54, 1.807) is 26.0 Å². The Balaban J connectivity index is 2.06. The van der Waals surface area contributed by atoms with Crippen molar-refractivity contribution >= 4 is 17.6 Å². The number of ether oxygens (including phenoxy) is 1. The summed E-state index contributed by atoms with van der Waals surface area (Å²) in [7, 11) is 2.09. The number of aromatic nitrogens is 2. The average Bonchev–Trinajstić information content (AvgIpc) is 2.56. The highest BCUT2D eigenvalue weighted by atomic mass is 16.5. The molecule has 0 bridgehead atoms. The highest BCUT2D eigenvalue weighted by Gasteiger charge is 2.28. The molecule has 0 amide bonds. The molecule has 0 aromatic carbocycles. The van der Waals surface area contributed by atoms with E-state index in [1.807, 2.05) is 0 Å². The number of carbonyl (C=O) groups excluding carboxylic acids is 2. The summed E-state index contributed by atoms with van der Waals surface area (Å²) in [5, 5.41) is 8.18. The monoisotopic (exact) mass is 320 g/mol. The topological polar surface area (TPSA) is 75.6 Å². The van der Waals surface area contributed by atoms with Gasteiger partial charge in [0.2, 0.25) is 0 Å². The van der Waals surface area contributed by atoms with Crippen molar-refractivity contribution < 1.29 is 14.3 Å². The van der Waals surface area contributed by atoms with Crippen LogP contribution in [0.25, 0.3) is 0 Å². The van der Waals surface area contributed by atoms with Crippen molar-refractivity contribution in [2.75, 3.05) is 44.7 Å². The molecule has 1 fully saturated rings. The smallest absolute Gasteiger partial charge is 0.316 e. The largest absolute Gasteiger partial charge is 0.465 e. The van der Waals surface area contributed by atoms with Gasteiger partial charge in [0.15, 0.2) is 11.6 Å². The van der Waals surface area contributed by atoms with Crippen LogP contribution in [0.4, 0.5) is 5.82 Å². The van der Waals surface area contributed by atoms with Crippen molar-refractivity contribution in [2.45, 2.75) is 20.3 Å². The molecule has 1 aliphatic heterocycles. The Bertz CT molecular complexity index is 539. The number of hydrogen-bond donors (Lipinski definition) is 0. The first kappa shape index (κ1) is 17.3. The van der Waals surface area contributed by atoms with Crippen molar-refractivity contribution in [1.82, 2.24) is 15.1 Å². The van der Waals surface area contributed by atoms with Crippen LogP contribution in [0.3, 0.4) is 0 Å². The van der Waals surface area contributed by atoms with E-state index in [0.29, 0.717) is 6.42 Å². The maximum absolute atomic E-state index is 12.4. The molecule has 1 aromatic rings. The standard InChI is InChI=1S/C16H24N4O3/c1-4-12(16(22)23-5-2)15(21)13-6-7-14(18-17-13)20-10-8-19(3)9-11-20/h6-7,12H,4-5,8-11H2,1-3H3. The van der Waals surface area contributed by atoms with Crippen LogP contribution in [0.15, 0.2) is 12.1 Å². The Hall–Kier alpha value is -2.02. The van der Waals surface area contributed by atoms with Gasteiger partial charge in [0.1, 0.15) is 11.6 Å². The van der Waals surface area contributed by atoms with Gasteiger partial charge in [0, 0.05) is 26.2 Å². The number of Topliss-reactive ketones (excluding diaryl/α,β-unsaturated/α-hetero) is 1. The van der Waals surface area contributed by atoms with Crippen LogP contribution >= 0.6 is 0 Å². The number of rotatable bonds is 6. The van der Waals surface area contributed by atoms with Crippen molar-refractivity contribution in [3.8, 4) is 0 Å². The van der Waals surface area contributed by atoms with Crippen molar-refractivity contribution in [1.29, 1.82) is 0 Å². The van der Waals surface area contributed by atoms with E-state index in [9.17, 15) is 9.59 Å². The van der Waals surface area contributed by atoms with Gasteiger partial charge in [0.25, 0.3) is 0 Å². The molecule has 0 saturated carbocycles. The highest BCUT2D eigenvalue weighted by Crippen LogP contribution is 2.16. The van der Waals surface area contributed by atoms with E-state index in [-0.39, 0.29) is 18.1 Å². The van der Waals surface area contributed by atoms with Gasteiger partial charge < -0.3 is 14.5 Å². The number of piperazine rings is 1. The number of ketones is 1. The quantitative estimate of drug-likeness (QED) is 0.440. The van der Waals surface area contributed by atoms with Crippen LogP contribution in [0.1, 0.15) is 30.8 Å². The summed E-state index contributed by atoms with van der Waals surface area (Å²) in [6.07, 6.45) is 0.388. The molecule has 1 saturated heterocycles. The van der Waals surface area contributed by atoms with E-state index in [1.165, 1.54) is 0 Å². The number of likely N-dealkylation sites (N-methyl/N-ethyl adjacent to an activating group) is 1. The molecule has 7 heteroatoms. The van der Waals surface area contributed by atoms with Gasteiger partial charge in [-0.05, 0) is 32.5 Å². The Morgan fingerprint density at radius 2 is 1.87 bits per heavy atom. The maximum Gasteiger partial charge on any atom is 0.316 e. The molecule has 2 heterocycles. The fourth-order valence-electron chi connectivity index (χ4n) is 2.54. The third-order valence-corrected chi connectivity index (χ3v) is 4.03. The zero-order valence-corrected chi connectivity index (χ0v) is 14.0. The molecule has 1 aromatic heterocycles. The number of anilines is 1. The molecule has 2 rings (SSSR count). The first-order valence-corrected chi connectivity index (χ1v) is 8.04. The summed E-state index contributed by atoms with van der Waals surface area (Å²) in [5.74, 6) is -0.870. The SMILES string of the molecule is CCOC(=O)C(CC)C(=O)c1ccc(N2CCN(C)CC2)nn1. The molecule has 0 aliphatic carbocycles. The van der Waals surface area contributed by atoms with Crippen LogP contribution in [0, 0.1) is 5.92 Å². The second-order valence-corrected chi connectivity index (χ2v) is 5.64. The fourth-order valence-corrected chi connectivity index (χ4v) is 2.54. The molecule has 0 spiro atoms. The summed E-state index contributed by atoms with van der Waals surface area (Å²) in [6, 6.07) is 3.44. The molecule has 23 heavy (non-hydrogen) atoms. The lowest BCUT2D eigenvalue weighted by Gasteiger charge is -2.32. The Labute approximate surface area is 136 Å². The van der Waals surface area contributed by atoms with E-state index in [0.717, 1.165) is 32.0 Å². The van der Waals surface area contributed by atoms with Crippen LogP contribution in [0.2, 0.25) is 0 Å². The summed E-state index contributed by atoms with van der Waals surface area (Å²) in [6.45, 7) is 7.49. The zero-order valence-electron chi connectivity index (χ0n) is 14.0. The van der Waals surface area contributed by atoms with Crippen molar-refractivity contribution in [2.24, 2.45) is 5.92 Å². The van der Waals surface area contributed by atoms with Crippen LogP contribution < -0.4 is 4.90 Å². The zero-order chi connectivity index (χ0) is 16.8. The second kappa shape index (κ2) is 8.01. The van der Waals surface area contributed by atoms with Crippen LogP contribution in [-0.4, -0.2) is 66.7 Å². The van der Waals surface area contributed by atoms with E-state index >= 15 is 0 Å². The molecular formula is C16H24N4O3. The molecule has 0 N–H and O–H groups in total. The van der Waals surface area contributed by atoms with Crippen LogP contribution in [0.5, 0.6) is 0 Å². The molecule has 1 unspecified atom stereocenters. The molecule has 126 valence electrons. The third-order valence-electron chi connectivity index (χ3n) is 4.03. The van der Waals surface area contributed by atoms with Gasteiger partial charge in [0.05, 0.1) is 6.61 Å². The van der Waals surface area contributed by atoms with E-state index in [2.05, 4.69) is 27.0 Å². The summed E-state index contributed by atoms with van der Waals surface area (Å²) < 4.78 is 4.95. The van der Waals surface area contributed by atoms with Gasteiger partial charge in [-0.15, -0.1) is 10.2 Å².